The van der Waals surface area contributed by atoms with Gasteiger partial charge in [-0.25, -0.2) is 9.97 Å². The SMILES string of the molecule is CN(C)C(=O)c1cc2cnc(Nc3ccc(CN4CCC5(CC4)CN(c4cccc6c4C(C)(C)C(=O)N6[C@@H]4CCC(=O)NC4=O)C5)cn3)nc2n1C1CCCC1. The van der Waals surface area contributed by atoms with E-state index >= 15 is 0 Å². The summed E-state index contributed by atoms with van der Waals surface area (Å²) in [4.78, 5) is 73.9. The molecule has 3 saturated heterocycles. The van der Waals surface area contributed by atoms with E-state index in [1.54, 1.807) is 30.1 Å². The largest absolute Gasteiger partial charge is 0.370 e. The summed E-state index contributed by atoms with van der Waals surface area (Å²) >= 11 is 0. The molecule has 7 heterocycles. The van der Waals surface area contributed by atoms with Gasteiger partial charge in [0.05, 0.1) is 11.1 Å². The molecule has 4 amide bonds. The lowest BCUT2D eigenvalue weighted by molar-refractivity contribution is -0.136. The van der Waals surface area contributed by atoms with Gasteiger partial charge in [-0.3, -0.25) is 34.3 Å². The first-order valence-corrected chi connectivity index (χ1v) is 20.0. The van der Waals surface area contributed by atoms with E-state index in [1.165, 1.54) is 0 Å². The number of imide groups is 1. The molecule has 1 atom stereocenters. The Kier molecular flexibility index (Phi) is 8.86. The number of carbonyl (C=O) groups is 4. The summed E-state index contributed by atoms with van der Waals surface area (Å²) < 4.78 is 2.12. The molecule has 56 heavy (non-hydrogen) atoms. The van der Waals surface area contributed by atoms with Crippen molar-refractivity contribution in [3.05, 3.63) is 65.6 Å². The van der Waals surface area contributed by atoms with Crippen molar-refractivity contribution in [3.63, 3.8) is 0 Å². The lowest BCUT2D eigenvalue weighted by atomic mass is 9.71. The number of rotatable bonds is 8. The second-order valence-corrected chi connectivity index (χ2v) is 17.3. The number of piperidine rings is 2. The predicted octanol–water partition coefficient (Wildman–Crippen LogP) is 4.92. The minimum atomic E-state index is -0.780. The Morgan fingerprint density at radius 1 is 0.964 bits per heavy atom. The van der Waals surface area contributed by atoms with Crippen molar-refractivity contribution >= 4 is 57.8 Å². The third-order valence-electron chi connectivity index (χ3n) is 12.9. The molecule has 1 saturated carbocycles. The zero-order chi connectivity index (χ0) is 38.9. The molecule has 4 fully saturated rings. The summed E-state index contributed by atoms with van der Waals surface area (Å²) in [5.41, 5.74) is 4.87. The second-order valence-electron chi connectivity index (χ2n) is 17.3. The molecule has 3 aromatic heterocycles. The number of carbonyl (C=O) groups excluding carboxylic acids is 4. The van der Waals surface area contributed by atoms with Gasteiger partial charge in [-0.15, -0.1) is 0 Å². The van der Waals surface area contributed by atoms with Gasteiger partial charge in [-0.05, 0) is 88.9 Å². The summed E-state index contributed by atoms with van der Waals surface area (Å²) in [7, 11) is 3.56. The van der Waals surface area contributed by atoms with Gasteiger partial charge in [0.25, 0.3) is 5.91 Å². The molecule has 0 bridgehead atoms. The zero-order valence-electron chi connectivity index (χ0n) is 32.7. The molecule has 14 heteroatoms. The standard InChI is InChI=1S/C42H50N10O4/c1-41(2)35-29(10-7-11-30(35)52(39(41)56)31-13-15-34(53)46-37(31)54)50-24-42(25-50)16-18-49(19-17-42)23-26-12-14-33(43-21-26)45-40-44-22-27-20-32(38(55)48(3)4)51(36(27)47-40)28-8-5-6-9-28/h7,10-12,14,20-22,28,31H,5-6,8-9,13,15-19,23-25H2,1-4H3,(H,46,53,54)(H,43,44,45,47)/t31-/m1/s1. The van der Waals surface area contributed by atoms with Gasteiger partial charge in [0.1, 0.15) is 23.2 Å². The fraction of sp³-hybridized carbons (Fsp3) is 0.500. The molecule has 14 nitrogen and oxygen atoms in total. The molecule has 4 aromatic rings. The Hall–Kier alpha value is -5.37. The Labute approximate surface area is 326 Å². The van der Waals surface area contributed by atoms with Crippen molar-refractivity contribution in [1.82, 2.24) is 34.6 Å². The van der Waals surface area contributed by atoms with E-state index in [0.717, 1.165) is 105 Å². The summed E-state index contributed by atoms with van der Waals surface area (Å²) in [6, 6.07) is 11.6. The van der Waals surface area contributed by atoms with Gasteiger partial charge in [0.15, 0.2) is 0 Å². The van der Waals surface area contributed by atoms with Crippen LogP contribution in [-0.4, -0.2) is 99.3 Å². The molecule has 292 valence electrons. The lowest BCUT2D eigenvalue weighted by Crippen LogP contribution is -2.60. The molecule has 9 rings (SSSR count). The predicted molar refractivity (Wildman–Crippen MR) is 213 cm³/mol. The first-order chi connectivity index (χ1) is 26.9. The quantitative estimate of drug-likeness (QED) is 0.237. The van der Waals surface area contributed by atoms with Gasteiger partial charge in [-0.2, -0.15) is 4.98 Å². The summed E-state index contributed by atoms with van der Waals surface area (Å²) in [6.07, 6.45) is 10.8. The van der Waals surface area contributed by atoms with Crippen molar-refractivity contribution in [2.24, 2.45) is 5.41 Å². The van der Waals surface area contributed by atoms with Gasteiger partial charge < -0.3 is 19.7 Å². The van der Waals surface area contributed by atoms with Crippen LogP contribution in [0.4, 0.5) is 23.1 Å². The number of pyridine rings is 1. The van der Waals surface area contributed by atoms with Crippen LogP contribution in [0.1, 0.15) is 92.9 Å². The van der Waals surface area contributed by atoms with Crippen LogP contribution in [-0.2, 0) is 26.3 Å². The minimum absolute atomic E-state index is 0.0280. The first kappa shape index (κ1) is 36.3. The smallest absolute Gasteiger partial charge is 0.270 e. The third-order valence-corrected chi connectivity index (χ3v) is 12.9. The molecule has 0 radical (unpaired) electrons. The van der Waals surface area contributed by atoms with Crippen molar-refractivity contribution in [3.8, 4) is 0 Å². The van der Waals surface area contributed by atoms with Crippen molar-refractivity contribution in [2.45, 2.75) is 89.3 Å². The lowest BCUT2D eigenvalue weighted by Gasteiger charge is -2.55. The highest BCUT2D eigenvalue weighted by Crippen LogP contribution is 2.52. The summed E-state index contributed by atoms with van der Waals surface area (Å²) in [5.74, 6) is 0.318. The normalized spacial score (nSPS) is 22.1. The highest BCUT2D eigenvalue weighted by Gasteiger charge is 2.53. The van der Waals surface area contributed by atoms with E-state index in [0.29, 0.717) is 23.9 Å². The molecule has 1 aromatic carbocycles. The van der Waals surface area contributed by atoms with Gasteiger partial charge in [-0.1, -0.05) is 25.0 Å². The number of hydrogen-bond donors (Lipinski definition) is 2. The summed E-state index contributed by atoms with van der Waals surface area (Å²) in [5, 5.41) is 6.57. The number of anilines is 4. The van der Waals surface area contributed by atoms with Crippen LogP contribution in [0, 0.1) is 5.41 Å². The monoisotopic (exact) mass is 758 g/mol. The van der Waals surface area contributed by atoms with Crippen LogP contribution in [0.2, 0.25) is 0 Å². The van der Waals surface area contributed by atoms with Crippen LogP contribution in [0.5, 0.6) is 0 Å². The number of amides is 4. The average molecular weight is 759 g/mol. The molecule has 4 aliphatic heterocycles. The summed E-state index contributed by atoms with van der Waals surface area (Å²) in [6.45, 7) is 8.60. The molecule has 1 spiro atoms. The maximum Gasteiger partial charge on any atom is 0.270 e. The number of nitrogens with one attached hydrogen (secondary N) is 2. The zero-order valence-corrected chi connectivity index (χ0v) is 32.7. The Bertz CT molecular complexity index is 2230. The van der Waals surface area contributed by atoms with Gasteiger partial charge in [0.2, 0.25) is 23.7 Å². The molecular weight excluding hydrogens is 709 g/mol. The van der Waals surface area contributed by atoms with E-state index < -0.39 is 17.4 Å². The molecule has 0 unspecified atom stereocenters. The molecule has 1 aliphatic carbocycles. The second kappa shape index (κ2) is 13.7. The van der Waals surface area contributed by atoms with Crippen molar-refractivity contribution < 1.29 is 19.2 Å². The number of benzene rings is 1. The van der Waals surface area contributed by atoms with E-state index in [1.807, 2.05) is 44.3 Å². The number of likely N-dealkylation sites (tertiary alicyclic amines) is 1. The topological polar surface area (TPSA) is 149 Å². The Morgan fingerprint density at radius 3 is 2.41 bits per heavy atom. The van der Waals surface area contributed by atoms with Crippen LogP contribution in [0.25, 0.3) is 11.0 Å². The van der Waals surface area contributed by atoms with Gasteiger partial charge >= 0.3 is 0 Å². The van der Waals surface area contributed by atoms with E-state index in [9.17, 15) is 19.2 Å². The molecule has 2 N–H and O–H groups in total. The van der Waals surface area contributed by atoms with Crippen LogP contribution >= 0.6 is 0 Å². The highest BCUT2D eigenvalue weighted by molar-refractivity contribution is 6.14. The third kappa shape index (κ3) is 6.18. The minimum Gasteiger partial charge on any atom is -0.370 e. The van der Waals surface area contributed by atoms with Crippen LogP contribution in [0.3, 0.4) is 0 Å². The molecule has 5 aliphatic rings. The average Bonchev–Trinajstić information content (AvgIpc) is 3.88. The van der Waals surface area contributed by atoms with Crippen LogP contribution in [0.15, 0.2) is 48.8 Å². The van der Waals surface area contributed by atoms with E-state index in [4.69, 9.17) is 9.97 Å². The number of nitrogens with zero attached hydrogens (tertiary/aromatic N) is 8. The number of fused-ring (bicyclic) bond motifs is 2. The maximum absolute atomic E-state index is 13.8. The van der Waals surface area contributed by atoms with Crippen molar-refractivity contribution in [1.29, 1.82) is 0 Å². The van der Waals surface area contributed by atoms with E-state index in [2.05, 4.69) is 42.1 Å². The molecular formula is C42H50N10O4. The number of aromatic nitrogens is 4. The highest BCUT2D eigenvalue weighted by atomic mass is 16.2. The van der Waals surface area contributed by atoms with Crippen LogP contribution < -0.4 is 20.4 Å². The maximum atomic E-state index is 13.8. The first-order valence-electron chi connectivity index (χ1n) is 20.0. The van der Waals surface area contributed by atoms with E-state index in [-0.39, 0.29) is 35.6 Å². The fourth-order valence-corrected chi connectivity index (χ4v) is 9.78. The Balaban J connectivity index is 0.823. The Morgan fingerprint density at radius 2 is 1.71 bits per heavy atom. The fourth-order valence-electron chi connectivity index (χ4n) is 9.78. The number of hydrogen-bond acceptors (Lipinski definition) is 10. The van der Waals surface area contributed by atoms with Gasteiger partial charge in [0, 0.05) is 80.6 Å². The van der Waals surface area contributed by atoms with Crippen molar-refractivity contribution in [2.75, 3.05) is 55.4 Å².